The van der Waals surface area contributed by atoms with E-state index in [2.05, 4.69) is 28.3 Å². The van der Waals surface area contributed by atoms with Crippen LogP contribution in [-0.2, 0) is 24.3 Å². The predicted octanol–water partition coefficient (Wildman–Crippen LogP) is 4.52. The predicted molar refractivity (Wildman–Crippen MR) is 117 cm³/mol. The minimum atomic E-state index is 0.155. The summed E-state index contributed by atoms with van der Waals surface area (Å²) < 4.78 is 3.12. The second-order valence-electron chi connectivity index (χ2n) is 7.21. The van der Waals surface area contributed by atoms with E-state index >= 15 is 0 Å². The van der Waals surface area contributed by atoms with Crippen molar-refractivity contribution in [3.8, 4) is 0 Å². The highest BCUT2D eigenvalue weighted by Crippen LogP contribution is 2.22. The van der Waals surface area contributed by atoms with Crippen molar-refractivity contribution >= 4 is 27.5 Å². The average molecular weight is 405 g/mol. The fourth-order valence-electron chi connectivity index (χ4n) is 3.32. The van der Waals surface area contributed by atoms with E-state index in [1.165, 1.54) is 10.3 Å². The van der Waals surface area contributed by atoms with Crippen LogP contribution in [0.1, 0.15) is 29.0 Å². The van der Waals surface area contributed by atoms with Gasteiger partial charge in [-0.05, 0) is 30.5 Å². The fraction of sp³-hybridized carbons (Fsp3) is 0.261. The van der Waals surface area contributed by atoms with Gasteiger partial charge >= 0.3 is 0 Å². The number of nitrogens with zero attached hydrogens (tertiary/aromatic N) is 4. The SMILES string of the molecule is CN(Cc1cnn(Cc2ccccc2)c1)C(=O)CCCc1nc2ccccc2s1. The number of hydrogen-bond donors (Lipinski definition) is 0. The number of rotatable bonds is 8. The minimum Gasteiger partial charge on any atom is -0.341 e. The Morgan fingerprint density at radius 3 is 2.69 bits per heavy atom. The maximum absolute atomic E-state index is 12.5. The molecule has 0 bridgehead atoms. The topological polar surface area (TPSA) is 51.0 Å². The van der Waals surface area contributed by atoms with Crippen molar-refractivity contribution in [2.45, 2.75) is 32.4 Å². The van der Waals surface area contributed by atoms with E-state index in [0.717, 1.165) is 35.5 Å². The van der Waals surface area contributed by atoms with Crippen LogP contribution >= 0.6 is 11.3 Å². The van der Waals surface area contributed by atoms with Crippen LogP contribution in [0.2, 0.25) is 0 Å². The molecule has 0 aliphatic rings. The smallest absolute Gasteiger partial charge is 0.222 e. The van der Waals surface area contributed by atoms with Crippen molar-refractivity contribution in [1.29, 1.82) is 0 Å². The average Bonchev–Trinajstić information content (AvgIpc) is 3.34. The molecule has 2 aromatic heterocycles. The van der Waals surface area contributed by atoms with E-state index in [-0.39, 0.29) is 5.91 Å². The maximum Gasteiger partial charge on any atom is 0.222 e. The summed E-state index contributed by atoms with van der Waals surface area (Å²) in [6.07, 6.45) is 6.04. The first-order valence-corrected chi connectivity index (χ1v) is 10.6. The maximum atomic E-state index is 12.5. The molecule has 1 amide bonds. The molecule has 29 heavy (non-hydrogen) atoms. The van der Waals surface area contributed by atoms with Gasteiger partial charge in [0, 0.05) is 31.8 Å². The van der Waals surface area contributed by atoms with Crippen LogP contribution in [0.15, 0.2) is 67.0 Å². The number of aryl methyl sites for hydroxylation is 1. The lowest BCUT2D eigenvalue weighted by atomic mass is 10.2. The number of carbonyl (C=O) groups is 1. The van der Waals surface area contributed by atoms with Gasteiger partial charge in [0.1, 0.15) is 0 Å². The number of amides is 1. The first-order chi connectivity index (χ1) is 14.2. The van der Waals surface area contributed by atoms with Crippen LogP contribution in [0, 0.1) is 0 Å². The van der Waals surface area contributed by atoms with Gasteiger partial charge in [0.2, 0.25) is 5.91 Å². The summed E-state index contributed by atoms with van der Waals surface area (Å²) in [4.78, 5) is 18.9. The zero-order chi connectivity index (χ0) is 20.1. The Morgan fingerprint density at radius 2 is 1.86 bits per heavy atom. The van der Waals surface area contributed by atoms with Gasteiger partial charge in [-0.2, -0.15) is 5.10 Å². The van der Waals surface area contributed by atoms with Gasteiger partial charge < -0.3 is 4.90 Å². The number of benzene rings is 2. The largest absolute Gasteiger partial charge is 0.341 e. The molecular formula is C23H24N4OS. The zero-order valence-electron chi connectivity index (χ0n) is 16.5. The van der Waals surface area contributed by atoms with Gasteiger partial charge in [-0.15, -0.1) is 11.3 Å². The van der Waals surface area contributed by atoms with Crippen molar-refractivity contribution in [2.75, 3.05) is 7.05 Å². The second-order valence-corrected chi connectivity index (χ2v) is 8.33. The van der Waals surface area contributed by atoms with Gasteiger partial charge in [-0.3, -0.25) is 9.48 Å². The quantitative estimate of drug-likeness (QED) is 0.434. The monoisotopic (exact) mass is 404 g/mol. The minimum absolute atomic E-state index is 0.155. The lowest BCUT2D eigenvalue weighted by molar-refractivity contribution is -0.130. The Balaban J connectivity index is 1.25. The first kappa shape index (κ1) is 19.3. The molecule has 0 saturated heterocycles. The number of aromatic nitrogens is 3. The van der Waals surface area contributed by atoms with Gasteiger partial charge in [0.15, 0.2) is 0 Å². The van der Waals surface area contributed by atoms with Crippen LogP contribution in [0.4, 0.5) is 0 Å². The molecule has 0 spiro atoms. The van der Waals surface area contributed by atoms with Crippen LogP contribution in [-0.4, -0.2) is 32.6 Å². The lowest BCUT2D eigenvalue weighted by Gasteiger charge is -2.15. The number of carbonyl (C=O) groups excluding carboxylic acids is 1. The lowest BCUT2D eigenvalue weighted by Crippen LogP contribution is -2.25. The molecule has 0 aliphatic heterocycles. The molecule has 2 heterocycles. The molecule has 4 rings (SSSR count). The van der Waals surface area contributed by atoms with Gasteiger partial charge in [0.25, 0.3) is 0 Å². The summed E-state index contributed by atoms with van der Waals surface area (Å²) in [6.45, 7) is 1.31. The molecule has 2 aromatic carbocycles. The highest BCUT2D eigenvalue weighted by Gasteiger charge is 2.11. The van der Waals surface area contributed by atoms with Crippen LogP contribution in [0.3, 0.4) is 0 Å². The molecule has 5 nitrogen and oxygen atoms in total. The molecule has 0 unspecified atom stereocenters. The van der Waals surface area contributed by atoms with Gasteiger partial charge in [-0.1, -0.05) is 42.5 Å². The molecule has 0 fully saturated rings. The van der Waals surface area contributed by atoms with E-state index in [1.54, 1.807) is 16.2 Å². The number of para-hydroxylation sites is 1. The fourth-order valence-corrected chi connectivity index (χ4v) is 4.32. The van der Waals surface area contributed by atoms with E-state index < -0.39 is 0 Å². The van der Waals surface area contributed by atoms with Crippen molar-refractivity contribution in [3.63, 3.8) is 0 Å². The molecule has 0 saturated carbocycles. The van der Waals surface area contributed by atoms with E-state index in [0.29, 0.717) is 13.0 Å². The molecule has 6 heteroatoms. The summed E-state index contributed by atoms with van der Waals surface area (Å²) >= 11 is 1.72. The Hall–Kier alpha value is -2.99. The first-order valence-electron chi connectivity index (χ1n) is 9.81. The van der Waals surface area contributed by atoms with Crippen molar-refractivity contribution in [1.82, 2.24) is 19.7 Å². The van der Waals surface area contributed by atoms with Crippen LogP contribution < -0.4 is 0 Å². The van der Waals surface area contributed by atoms with Gasteiger partial charge in [0.05, 0.1) is 28.0 Å². The van der Waals surface area contributed by atoms with Crippen molar-refractivity contribution in [2.24, 2.45) is 0 Å². The standard InChI is InChI=1S/C23H24N4OS/c1-26(15-19-14-24-27(17-19)16-18-8-3-2-4-9-18)23(28)13-7-12-22-25-20-10-5-6-11-21(20)29-22/h2-6,8-11,14,17H,7,12-13,15-16H2,1H3. The third-order valence-electron chi connectivity index (χ3n) is 4.84. The van der Waals surface area contributed by atoms with E-state index in [4.69, 9.17) is 0 Å². The molecule has 148 valence electrons. The Labute approximate surface area is 174 Å². The van der Waals surface area contributed by atoms with Gasteiger partial charge in [-0.25, -0.2) is 4.98 Å². The number of fused-ring (bicyclic) bond motifs is 1. The third-order valence-corrected chi connectivity index (χ3v) is 5.94. The van der Waals surface area contributed by atoms with E-state index in [9.17, 15) is 4.79 Å². The number of thiazole rings is 1. The summed E-state index contributed by atoms with van der Waals surface area (Å²) in [5, 5.41) is 5.52. The highest BCUT2D eigenvalue weighted by atomic mass is 32.1. The summed E-state index contributed by atoms with van der Waals surface area (Å²) in [7, 11) is 1.86. The Kier molecular flexibility index (Phi) is 6.00. The molecule has 0 N–H and O–H groups in total. The van der Waals surface area contributed by atoms with Crippen LogP contribution in [0.5, 0.6) is 0 Å². The Morgan fingerprint density at radius 1 is 1.07 bits per heavy atom. The Bertz CT molecular complexity index is 1050. The van der Waals surface area contributed by atoms with Crippen molar-refractivity contribution in [3.05, 3.63) is 83.1 Å². The summed E-state index contributed by atoms with van der Waals surface area (Å²) in [5.74, 6) is 0.155. The molecule has 0 radical (unpaired) electrons. The molecule has 0 atom stereocenters. The van der Waals surface area contributed by atoms with E-state index in [1.807, 2.05) is 60.5 Å². The molecular weight excluding hydrogens is 380 g/mol. The molecule has 0 aliphatic carbocycles. The van der Waals surface area contributed by atoms with Crippen LogP contribution in [0.25, 0.3) is 10.2 Å². The zero-order valence-corrected chi connectivity index (χ0v) is 17.3. The summed E-state index contributed by atoms with van der Waals surface area (Å²) in [5.41, 5.74) is 3.30. The second kappa shape index (κ2) is 9.01. The normalized spacial score (nSPS) is 11.1. The number of hydrogen-bond acceptors (Lipinski definition) is 4. The molecule has 4 aromatic rings. The highest BCUT2D eigenvalue weighted by molar-refractivity contribution is 7.18. The third kappa shape index (κ3) is 5.09. The summed E-state index contributed by atoms with van der Waals surface area (Å²) in [6, 6.07) is 18.4. The van der Waals surface area contributed by atoms with Crippen molar-refractivity contribution < 1.29 is 4.79 Å².